The summed E-state index contributed by atoms with van der Waals surface area (Å²) in [4.78, 5) is 32.8. The lowest BCUT2D eigenvalue weighted by molar-refractivity contribution is 0.0652. The van der Waals surface area contributed by atoms with E-state index in [0.717, 1.165) is 0 Å². The standard InChI is InChI=1S/C11H9N3O4/c1-5-6(10(15)16)7(11(17)18)8(14-5)9-12-3-2-4-13-9/h2-4,14H,1H3,(H,15,16)(H,17,18). The molecule has 2 rings (SSSR count). The Labute approximate surface area is 101 Å². The van der Waals surface area contributed by atoms with Crippen LogP contribution in [0.3, 0.4) is 0 Å². The third-order valence-electron chi connectivity index (χ3n) is 2.40. The first-order valence-corrected chi connectivity index (χ1v) is 4.99. The first-order valence-electron chi connectivity index (χ1n) is 4.99. The van der Waals surface area contributed by atoms with Gasteiger partial charge in [0, 0.05) is 18.1 Å². The molecule has 0 amide bonds. The van der Waals surface area contributed by atoms with Crippen molar-refractivity contribution >= 4 is 11.9 Å². The Hall–Kier alpha value is -2.70. The summed E-state index contributed by atoms with van der Waals surface area (Å²) in [6.45, 7) is 1.49. The number of nitrogens with one attached hydrogen (secondary N) is 1. The van der Waals surface area contributed by atoms with Crippen LogP contribution in [0.4, 0.5) is 0 Å². The third-order valence-corrected chi connectivity index (χ3v) is 2.40. The van der Waals surface area contributed by atoms with E-state index in [1.807, 2.05) is 0 Å². The molecule has 0 saturated heterocycles. The van der Waals surface area contributed by atoms with Gasteiger partial charge >= 0.3 is 11.9 Å². The largest absolute Gasteiger partial charge is 0.478 e. The highest BCUT2D eigenvalue weighted by Gasteiger charge is 2.27. The van der Waals surface area contributed by atoms with Crippen molar-refractivity contribution in [2.75, 3.05) is 0 Å². The van der Waals surface area contributed by atoms with Crippen LogP contribution in [0.2, 0.25) is 0 Å². The van der Waals surface area contributed by atoms with Gasteiger partial charge in [0.1, 0.15) is 5.56 Å². The molecule has 0 fully saturated rings. The minimum absolute atomic E-state index is 0.0954. The second-order valence-electron chi connectivity index (χ2n) is 3.56. The molecule has 0 atom stereocenters. The molecule has 7 nitrogen and oxygen atoms in total. The second kappa shape index (κ2) is 4.28. The molecule has 0 aliphatic carbocycles. The van der Waals surface area contributed by atoms with Crippen LogP contribution in [0, 0.1) is 6.92 Å². The predicted octanol–water partition coefficient (Wildman–Crippen LogP) is 1.18. The van der Waals surface area contributed by atoms with Crippen molar-refractivity contribution in [2.45, 2.75) is 6.92 Å². The molecule has 0 unspecified atom stereocenters. The number of carbonyl (C=O) groups is 2. The van der Waals surface area contributed by atoms with Crippen LogP contribution < -0.4 is 0 Å². The summed E-state index contributed by atoms with van der Waals surface area (Å²) in [5, 5.41) is 18.2. The van der Waals surface area contributed by atoms with Crippen molar-refractivity contribution < 1.29 is 19.8 Å². The monoisotopic (exact) mass is 247 g/mol. The Bertz CT molecular complexity index is 619. The van der Waals surface area contributed by atoms with E-state index >= 15 is 0 Å². The minimum Gasteiger partial charge on any atom is -0.478 e. The van der Waals surface area contributed by atoms with Crippen LogP contribution in [0.1, 0.15) is 26.4 Å². The Morgan fingerprint density at radius 3 is 2.17 bits per heavy atom. The molecular weight excluding hydrogens is 238 g/mol. The molecule has 0 aliphatic rings. The molecule has 18 heavy (non-hydrogen) atoms. The second-order valence-corrected chi connectivity index (χ2v) is 3.56. The van der Waals surface area contributed by atoms with Crippen molar-refractivity contribution in [3.63, 3.8) is 0 Å². The van der Waals surface area contributed by atoms with Crippen LogP contribution in [0.25, 0.3) is 11.5 Å². The summed E-state index contributed by atoms with van der Waals surface area (Å²) in [6, 6.07) is 1.58. The summed E-state index contributed by atoms with van der Waals surface area (Å²) >= 11 is 0. The third kappa shape index (κ3) is 1.81. The van der Waals surface area contributed by atoms with Gasteiger partial charge in [0.2, 0.25) is 0 Å². The van der Waals surface area contributed by atoms with Gasteiger partial charge in [0.05, 0.1) is 11.3 Å². The average Bonchev–Trinajstić information content (AvgIpc) is 2.68. The van der Waals surface area contributed by atoms with Crippen molar-refractivity contribution in [1.29, 1.82) is 0 Å². The molecule has 0 spiro atoms. The van der Waals surface area contributed by atoms with Gasteiger partial charge in [-0.2, -0.15) is 0 Å². The van der Waals surface area contributed by atoms with E-state index in [1.54, 1.807) is 6.07 Å². The molecule has 2 aromatic heterocycles. The first kappa shape index (κ1) is 11.8. The van der Waals surface area contributed by atoms with Crippen molar-refractivity contribution in [3.05, 3.63) is 35.3 Å². The highest BCUT2D eigenvalue weighted by Crippen LogP contribution is 2.25. The normalized spacial score (nSPS) is 10.3. The van der Waals surface area contributed by atoms with Gasteiger partial charge in [0.25, 0.3) is 0 Å². The van der Waals surface area contributed by atoms with Gasteiger partial charge in [-0.25, -0.2) is 19.6 Å². The minimum atomic E-state index is -1.33. The molecule has 0 saturated carbocycles. The molecule has 7 heteroatoms. The number of aryl methyl sites for hydroxylation is 1. The molecule has 0 radical (unpaired) electrons. The molecule has 0 aliphatic heterocycles. The molecule has 0 aromatic carbocycles. The number of hydrogen-bond donors (Lipinski definition) is 3. The Morgan fingerprint density at radius 1 is 1.11 bits per heavy atom. The van der Waals surface area contributed by atoms with Gasteiger partial charge in [0.15, 0.2) is 5.82 Å². The lowest BCUT2D eigenvalue weighted by Gasteiger charge is -1.99. The van der Waals surface area contributed by atoms with Crippen LogP contribution in [-0.4, -0.2) is 37.1 Å². The van der Waals surface area contributed by atoms with Gasteiger partial charge in [-0.15, -0.1) is 0 Å². The summed E-state index contributed by atoms with van der Waals surface area (Å²) in [5.74, 6) is -2.49. The summed E-state index contributed by atoms with van der Waals surface area (Å²) in [7, 11) is 0. The fourth-order valence-corrected chi connectivity index (χ4v) is 1.70. The Kier molecular flexibility index (Phi) is 2.80. The molecule has 0 bridgehead atoms. The van der Waals surface area contributed by atoms with E-state index in [4.69, 9.17) is 10.2 Å². The number of nitrogens with zero attached hydrogens (tertiary/aromatic N) is 2. The molecule has 2 aromatic rings. The van der Waals surface area contributed by atoms with Crippen molar-refractivity contribution in [3.8, 4) is 11.5 Å². The molecule has 3 N–H and O–H groups in total. The topological polar surface area (TPSA) is 116 Å². The lowest BCUT2D eigenvalue weighted by Crippen LogP contribution is -2.07. The van der Waals surface area contributed by atoms with E-state index in [0.29, 0.717) is 0 Å². The van der Waals surface area contributed by atoms with E-state index in [9.17, 15) is 9.59 Å². The number of aromatic amines is 1. The average molecular weight is 247 g/mol. The van der Waals surface area contributed by atoms with E-state index in [2.05, 4.69) is 15.0 Å². The number of H-pyrrole nitrogens is 1. The summed E-state index contributed by atoms with van der Waals surface area (Å²) in [5.41, 5.74) is -0.253. The Morgan fingerprint density at radius 2 is 1.67 bits per heavy atom. The van der Waals surface area contributed by atoms with E-state index in [1.165, 1.54) is 19.3 Å². The van der Waals surface area contributed by atoms with Gasteiger partial charge < -0.3 is 15.2 Å². The van der Waals surface area contributed by atoms with Gasteiger partial charge in [-0.3, -0.25) is 0 Å². The molecular formula is C11H9N3O4. The number of aromatic carboxylic acids is 2. The molecule has 2 heterocycles. The van der Waals surface area contributed by atoms with Gasteiger partial charge in [-0.1, -0.05) is 0 Å². The molecule has 92 valence electrons. The van der Waals surface area contributed by atoms with E-state index < -0.39 is 11.9 Å². The summed E-state index contributed by atoms with van der Waals surface area (Å²) < 4.78 is 0. The number of hydrogen-bond acceptors (Lipinski definition) is 4. The maximum absolute atomic E-state index is 11.2. The first-order chi connectivity index (χ1) is 8.52. The number of rotatable bonds is 3. The number of aromatic nitrogens is 3. The Balaban J connectivity index is 2.73. The van der Waals surface area contributed by atoms with E-state index in [-0.39, 0.29) is 28.3 Å². The SMILES string of the molecule is Cc1[nH]c(-c2ncccn2)c(C(=O)O)c1C(=O)O. The van der Waals surface area contributed by atoms with Gasteiger partial charge in [-0.05, 0) is 13.0 Å². The highest BCUT2D eigenvalue weighted by molar-refractivity contribution is 6.06. The van der Waals surface area contributed by atoms with Crippen LogP contribution in [0.15, 0.2) is 18.5 Å². The predicted molar refractivity (Wildman–Crippen MR) is 60.5 cm³/mol. The zero-order valence-corrected chi connectivity index (χ0v) is 9.34. The summed E-state index contributed by atoms with van der Waals surface area (Å²) in [6.07, 6.45) is 2.90. The van der Waals surface area contributed by atoms with Crippen molar-refractivity contribution in [1.82, 2.24) is 15.0 Å². The zero-order chi connectivity index (χ0) is 13.3. The lowest BCUT2D eigenvalue weighted by atomic mass is 10.1. The van der Waals surface area contributed by atoms with Crippen molar-refractivity contribution in [2.24, 2.45) is 0 Å². The smallest absolute Gasteiger partial charge is 0.338 e. The fourth-order valence-electron chi connectivity index (χ4n) is 1.70. The van der Waals surface area contributed by atoms with Crippen LogP contribution in [-0.2, 0) is 0 Å². The van der Waals surface area contributed by atoms with Crippen LogP contribution in [0.5, 0.6) is 0 Å². The fraction of sp³-hybridized carbons (Fsp3) is 0.0909. The number of carboxylic acids is 2. The highest BCUT2D eigenvalue weighted by atomic mass is 16.4. The zero-order valence-electron chi connectivity index (χ0n) is 9.34. The van der Waals surface area contributed by atoms with Crippen LogP contribution >= 0.6 is 0 Å². The number of carboxylic acid groups (broad SMARTS) is 2. The maximum Gasteiger partial charge on any atom is 0.338 e. The maximum atomic E-state index is 11.2. The quantitative estimate of drug-likeness (QED) is 0.749.